The lowest BCUT2D eigenvalue weighted by Gasteiger charge is -2.16. The lowest BCUT2D eigenvalue weighted by atomic mass is 10.2. The number of rotatable bonds is 5. The molecular formula is C13H18N2O3. The molecule has 2 N–H and O–H groups in total. The highest BCUT2D eigenvalue weighted by atomic mass is 16.5. The SMILES string of the molecule is CCOC(=O)CCN(C)C(=O)c1cccc(N)c1. The van der Waals surface area contributed by atoms with E-state index in [-0.39, 0.29) is 18.3 Å². The molecule has 0 saturated heterocycles. The first-order valence-corrected chi connectivity index (χ1v) is 5.81. The van der Waals surface area contributed by atoms with Gasteiger partial charge in [0.1, 0.15) is 0 Å². The molecule has 0 aliphatic carbocycles. The van der Waals surface area contributed by atoms with Crippen molar-refractivity contribution >= 4 is 17.6 Å². The van der Waals surface area contributed by atoms with Crippen molar-refractivity contribution in [3.63, 3.8) is 0 Å². The molecule has 5 heteroatoms. The van der Waals surface area contributed by atoms with Gasteiger partial charge in [-0.2, -0.15) is 0 Å². The summed E-state index contributed by atoms with van der Waals surface area (Å²) in [5.74, 6) is -0.462. The number of carbonyl (C=O) groups is 2. The molecule has 0 aromatic heterocycles. The summed E-state index contributed by atoms with van der Waals surface area (Å²) in [5, 5.41) is 0. The number of nitrogens with two attached hydrogens (primary N) is 1. The van der Waals surface area contributed by atoms with Gasteiger partial charge >= 0.3 is 5.97 Å². The van der Waals surface area contributed by atoms with Crippen LogP contribution in [0.4, 0.5) is 5.69 Å². The summed E-state index contributed by atoms with van der Waals surface area (Å²) in [6.07, 6.45) is 0.193. The van der Waals surface area contributed by atoms with Gasteiger partial charge in [-0.1, -0.05) is 6.07 Å². The molecule has 1 amide bonds. The van der Waals surface area contributed by atoms with Gasteiger partial charge in [-0.05, 0) is 25.1 Å². The average Bonchev–Trinajstić information content (AvgIpc) is 2.35. The van der Waals surface area contributed by atoms with E-state index in [1.54, 1.807) is 38.2 Å². The quantitative estimate of drug-likeness (QED) is 0.631. The highest BCUT2D eigenvalue weighted by molar-refractivity contribution is 5.95. The van der Waals surface area contributed by atoms with E-state index < -0.39 is 0 Å². The molecule has 0 fully saturated rings. The van der Waals surface area contributed by atoms with E-state index in [1.807, 2.05) is 0 Å². The van der Waals surface area contributed by atoms with Crippen molar-refractivity contribution in [1.29, 1.82) is 0 Å². The molecule has 0 saturated carbocycles. The summed E-state index contributed by atoms with van der Waals surface area (Å²) in [5.41, 5.74) is 6.67. The van der Waals surface area contributed by atoms with Gasteiger partial charge in [0, 0.05) is 24.8 Å². The first kappa shape index (κ1) is 14.0. The van der Waals surface area contributed by atoms with Crippen LogP contribution in [-0.2, 0) is 9.53 Å². The van der Waals surface area contributed by atoms with Crippen LogP contribution in [0.2, 0.25) is 0 Å². The van der Waals surface area contributed by atoms with Crippen LogP contribution >= 0.6 is 0 Å². The van der Waals surface area contributed by atoms with Crippen LogP contribution < -0.4 is 5.73 Å². The number of carbonyl (C=O) groups excluding carboxylic acids is 2. The summed E-state index contributed by atoms with van der Waals surface area (Å²) in [6.45, 7) is 2.43. The van der Waals surface area contributed by atoms with E-state index in [9.17, 15) is 9.59 Å². The normalized spacial score (nSPS) is 9.89. The Hall–Kier alpha value is -2.04. The van der Waals surface area contributed by atoms with Crippen LogP contribution in [0.3, 0.4) is 0 Å². The molecular weight excluding hydrogens is 232 g/mol. The third-order valence-electron chi connectivity index (χ3n) is 2.44. The Kier molecular flexibility index (Phi) is 5.17. The summed E-state index contributed by atoms with van der Waals surface area (Å²) < 4.78 is 4.80. The molecule has 0 radical (unpaired) electrons. The molecule has 5 nitrogen and oxygen atoms in total. The smallest absolute Gasteiger partial charge is 0.307 e. The maximum atomic E-state index is 12.0. The highest BCUT2D eigenvalue weighted by Gasteiger charge is 2.13. The minimum Gasteiger partial charge on any atom is -0.466 e. The maximum absolute atomic E-state index is 12.0. The second-order valence-electron chi connectivity index (χ2n) is 3.91. The molecule has 18 heavy (non-hydrogen) atoms. The highest BCUT2D eigenvalue weighted by Crippen LogP contribution is 2.09. The first-order valence-electron chi connectivity index (χ1n) is 5.81. The van der Waals surface area contributed by atoms with Gasteiger partial charge in [0.15, 0.2) is 0 Å². The number of hydrogen-bond donors (Lipinski definition) is 1. The number of ether oxygens (including phenoxy) is 1. The van der Waals surface area contributed by atoms with Crippen LogP contribution in [0.1, 0.15) is 23.7 Å². The Bertz CT molecular complexity index is 432. The van der Waals surface area contributed by atoms with Gasteiger partial charge in [-0.25, -0.2) is 0 Å². The molecule has 0 atom stereocenters. The second-order valence-corrected chi connectivity index (χ2v) is 3.91. The summed E-state index contributed by atoms with van der Waals surface area (Å²) >= 11 is 0. The Balaban J connectivity index is 2.54. The van der Waals surface area contributed by atoms with Crippen molar-refractivity contribution in [2.24, 2.45) is 0 Å². The molecule has 0 aliphatic heterocycles. The van der Waals surface area contributed by atoms with E-state index in [4.69, 9.17) is 10.5 Å². The monoisotopic (exact) mass is 250 g/mol. The van der Waals surface area contributed by atoms with Crippen LogP contribution in [-0.4, -0.2) is 37.0 Å². The van der Waals surface area contributed by atoms with Gasteiger partial charge < -0.3 is 15.4 Å². The van der Waals surface area contributed by atoms with E-state index >= 15 is 0 Å². The molecule has 1 aromatic rings. The van der Waals surface area contributed by atoms with Gasteiger partial charge in [0.05, 0.1) is 13.0 Å². The lowest BCUT2D eigenvalue weighted by molar-refractivity contribution is -0.143. The Morgan fingerprint density at radius 3 is 2.72 bits per heavy atom. The molecule has 98 valence electrons. The predicted molar refractivity (Wildman–Crippen MR) is 69.1 cm³/mol. The fraction of sp³-hybridized carbons (Fsp3) is 0.385. The fourth-order valence-electron chi connectivity index (χ4n) is 1.49. The van der Waals surface area contributed by atoms with Crippen molar-refractivity contribution in [2.45, 2.75) is 13.3 Å². The van der Waals surface area contributed by atoms with Crippen molar-refractivity contribution in [3.8, 4) is 0 Å². The van der Waals surface area contributed by atoms with Crippen molar-refractivity contribution in [3.05, 3.63) is 29.8 Å². The number of hydrogen-bond acceptors (Lipinski definition) is 4. The van der Waals surface area contributed by atoms with Gasteiger partial charge in [0.2, 0.25) is 0 Å². The molecule has 1 aromatic carbocycles. The molecule has 0 bridgehead atoms. The van der Waals surface area contributed by atoms with E-state index in [1.165, 1.54) is 4.90 Å². The predicted octanol–water partition coefficient (Wildman–Crippen LogP) is 1.29. The van der Waals surface area contributed by atoms with Crippen molar-refractivity contribution < 1.29 is 14.3 Å². The zero-order chi connectivity index (χ0) is 13.5. The number of esters is 1. The topological polar surface area (TPSA) is 72.6 Å². The average molecular weight is 250 g/mol. The minimum absolute atomic E-state index is 0.161. The van der Waals surface area contributed by atoms with Gasteiger partial charge in [-0.15, -0.1) is 0 Å². The third-order valence-corrected chi connectivity index (χ3v) is 2.44. The molecule has 0 heterocycles. The summed E-state index contributed by atoms with van der Waals surface area (Å²) in [6, 6.07) is 6.75. The summed E-state index contributed by atoms with van der Waals surface area (Å²) in [4.78, 5) is 24.6. The maximum Gasteiger partial charge on any atom is 0.307 e. The molecule has 0 unspecified atom stereocenters. The summed E-state index contributed by atoms with van der Waals surface area (Å²) in [7, 11) is 1.64. The van der Waals surface area contributed by atoms with E-state index in [0.717, 1.165) is 0 Å². The number of benzene rings is 1. The van der Waals surface area contributed by atoms with Crippen LogP contribution in [0.5, 0.6) is 0 Å². The van der Waals surface area contributed by atoms with E-state index in [2.05, 4.69) is 0 Å². The Morgan fingerprint density at radius 2 is 2.11 bits per heavy atom. The Labute approximate surface area is 107 Å². The standard InChI is InChI=1S/C13H18N2O3/c1-3-18-12(16)7-8-15(2)13(17)10-5-4-6-11(14)9-10/h4-6,9H,3,7-8,14H2,1-2H3. The molecule has 1 rings (SSSR count). The third kappa shape index (κ3) is 4.08. The second kappa shape index (κ2) is 6.64. The number of amides is 1. The largest absolute Gasteiger partial charge is 0.466 e. The lowest BCUT2D eigenvalue weighted by Crippen LogP contribution is -2.29. The van der Waals surface area contributed by atoms with Gasteiger partial charge in [-0.3, -0.25) is 9.59 Å². The van der Waals surface area contributed by atoms with Crippen molar-refractivity contribution in [1.82, 2.24) is 4.90 Å². The number of nitrogens with zero attached hydrogens (tertiary/aromatic N) is 1. The van der Waals surface area contributed by atoms with Crippen LogP contribution in [0.25, 0.3) is 0 Å². The van der Waals surface area contributed by atoms with Crippen LogP contribution in [0.15, 0.2) is 24.3 Å². The van der Waals surface area contributed by atoms with Gasteiger partial charge in [0.25, 0.3) is 5.91 Å². The van der Waals surface area contributed by atoms with E-state index in [0.29, 0.717) is 24.4 Å². The minimum atomic E-state index is -0.301. The molecule has 0 spiro atoms. The zero-order valence-corrected chi connectivity index (χ0v) is 10.7. The van der Waals surface area contributed by atoms with Crippen molar-refractivity contribution in [2.75, 3.05) is 25.9 Å². The van der Waals surface area contributed by atoms with Crippen LogP contribution in [0, 0.1) is 0 Å². The number of nitrogen functional groups attached to an aromatic ring is 1. The fourth-order valence-corrected chi connectivity index (χ4v) is 1.49. The zero-order valence-electron chi connectivity index (χ0n) is 10.7. The molecule has 0 aliphatic rings. The first-order chi connectivity index (χ1) is 8.54. The Morgan fingerprint density at radius 1 is 1.39 bits per heavy atom. The number of anilines is 1.